The van der Waals surface area contributed by atoms with Crippen LogP contribution < -0.4 is 9.47 Å². The van der Waals surface area contributed by atoms with E-state index in [9.17, 15) is 24.9 Å². The van der Waals surface area contributed by atoms with Gasteiger partial charge in [-0.2, -0.15) is 0 Å². The average Bonchev–Trinajstić information content (AvgIpc) is 2.78. The van der Waals surface area contributed by atoms with Crippen LogP contribution in [0.3, 0.4) is 0 Å². The van der Waals surface area contributed by atoms with E-state index in [1.165, 1.54) is 0 Å². The molecule has 188 valence electrons. The molecule has 0 saturated heterocycles. The van der Waals surface area contributed by atoms with Gasteiger partial charge in [0.25, 0.3) is 0 Å². The fourth-order valence-corrected chi connectivity index (χ4v) is 3.89. The van der Waals surface area contributed by atoms with Crippen LogP contribution in [0.4, 0.5) is 0 Å². The molecule has 3 aromatic rings. The summed E-state index contributed by atoms with van der Waals surface area (Å²) in [4.78, 5) is 25.2. The number of allylic oxidation sites excluding steroid dienone is 1. The van der Waals surface area contributed by atoms with Crippen LogP contribution in [0, 0.1) is 6.92 Å². The van der Waals surface area contributed by atoms with Crippen molar-refractivity contribution in [3.05, 3.63) is 71.8 Å². The smallest absolute Gasteiger partial charge is 0.423 e. The summed E-state index contributed by atoms with van der Waals surface area (Å²) in [6, 6.07) is 12.1. The van der Waals surface area contributed by atoms with E-state index in [4.69, 9.17) is 9.47 Å². The Morgan fingerprint density at radius 3 is 2.19 bits per heavy atom. The van der Waals surface area contributed by atoms with Crippen LogP contribution in [0.15, 0.2) is 55.1 Å². The highest BCUT2D eigenvalue weighted by Gasteiger charge is 2.25. The van der Waals surface area contributed by atoms with E-state index in [1.54, 1.807) is 12.1 Å². The predicted molar refractivity (Wildman–Crippen MR) is 137 cm³/mol. The second-order valence-electron chi connectivity index (χ2n) is 8.74. The lowest BCUT2D eigenvalue weighted by Gasteiger charge is -2.17. The molecule has 0 aliphatic rings. The minimum absolute atomic E-state index is 0.00954. The summed E-state index contributed by atoms with van der Waals surface area (Å²) in [7, 11) is 0. The summed E-state index contributed by atoms with van der Waals surface area (Å²) < 4.78 is 10.4. The number of benzene rings is 3. The zero-order valence-corrected chi connectivity index (χ0v) is 20.6. The Morgan fingerprint density at radius 2 is 1.56 bits per heavy atom. The van der Waals surface area contributed by atoms with Gasteiger partial charge in [0.15, 0.2) is 0 Å². The third-order valence-electron chi connectivity index (χ3n) is 5.57. The first kappa shape index (κ1) is 26.3. The number of aryl methyl sites for hydroxylation is 2. The minimum atomic E-state index is -1.36. The molecule has 36 heavy (non-hydrogen) atoms. The van der Waals surface area contributed by atoms with Gasteiger partial charge in [0.2, 0.25) is 0 Å². The molecule has 7 nitrogen and oxygen atoms in total. The quantitative estimate of drug-likeness (QED) is 0.152. The van der Waals surface area contributed by atoms with Crippen LogP contribution >= 0.6 is 0 Å². The Kier molecular flexibility index (Phi) is 8.38. The molecule has 0 heterocycles. The number of hydrogen-bond acceptors (Lipinski definition) is 7. The maximum Gasteiger partial charge on any atom is 0.423 e. The standard InChI is InChI=1S/C29H30O7/c1-5-6-7-8-19-12-25(32)27(24-11-18(4)9-10-23(24)17(2)3)26(13-19)36-29(34)28(33)35-22-15-20(30)14-21(31)16-22/h9-16,30-32H,2,5-8H2,1,3-4H3. The van der Waals surface area contributed by atoms with E-state index in [-0.39, 0.29) is 34.3 Å². The summed E-state index contributed by atoms with van der Waals surface area (Å²) in [5, 5.41) is 30.2. The lowest BCUT2D eigenvalue weighted by molar-refractivity contribution is -0.156. The Balaban J connectivity index is 2.02. The molecule has 0 amide bonds. The lowest BCUT2D eigenvalue weighted by atomic mass is 9.91. The van der Waals surface area contributed by atoms with Crippen molar-refractivity contribution in [2.24, 2.45) is 0 Å². The number of carbonyl (C=O) groups excluding carboxylic acids is 2. The van der Waals surface area contributed by atoms with Gasteiger partial charge >= 0.3 is 11.9 Å². The van der Waals surface area contributed by atoms with Gasteiger partial charge in [-0.15, -0.1) is 0 Å². The highest BCUT2D eigenvalue weighted by molar-refractivity contribution is 6.31. The summed E-state index contributed by atoms with van der Waals surface area (Å²) in [5.74, 6) is -3.68. The van der Waals surface area contributed by atoms with E-state index >= 15 is 0 Å². The summed E-state index contributed by atoms with van der Waals surface area (Å²) in [6.07, 6.45) is 3.56. The molecule has 0 radical (unpaired) electrons. The number of esters is 2. The molecule has 3 aromatic carbocycles. The summed E-state index contributed by atoms with van der Waals surface area (Å²) in [6.45, 7) is 9.83. The van der Waals surface area contributed by atoms with Crippen LogP contribution in [0.1, 0.15) is 49.8 Å². The lowest BCUT2D eigenvalue weighted by Crippen LogP contribution is -2.25. The van der Waals surface area contributed by atoms with Crippen LogP contribution in [-0.2, 0) is 16.0 Å². The number of aromatic hydroxyl groups is 3. The van der Waals surface area contributed by atoms with E-state index in [1.807, 2.05) is 32.0 Å². The maximum atomic E-state index is 12.7. The van der Waals surface area contributed by atoms with Crippen molar-refractivity contribution in [2.75, 3.05) is 0 Å². The zero-order chi connectivity index (χ0) is 26.4. The Bertz CT molecular complexity index is 1290. The van der Waals surface area contributed by atoms with E-state index in [0.29, 0.717) is 12.0 Å². The van der Waals surface area contributed by atoms with E-state index in [0.717, 1.165) is 59.7 Å². The van der Waals surface area contributed by atoms with E-state index in [2.05, 4.69) is 13.5 Å². The first-order valence-corrected chi connectivity index (χ1v) is 11.7. The molecular formula is C29H30O7. The van der Waals surface area contributed by atoms with Gasteiger partial charge < -0.3 is 24.8 Å². The van der Waals surface area contributed by atoms with Crippen molar-refractivity contribution in [1.29, 1.82) is 0 Å². The van der Waals surface area contributed by atoms with E-state index < -0.39 is 11.9 Å². The number of ether oxygens (including phenoxy) is 2. The van der Waals surface area contributed by atoms with Crippen LogP contribution in [0.5, 0.6) is 28.7 Å². The molecule has 0 fully saturated rings. The maximum absolute atomic E-state index is 12.7. The van der Waals surface area contributed by atoms with Crippen molar-refractivity contribution in [2.45, 2.75) is 46.5 Å². The van der Waals surface area contributed by atoms with Gasteiger partial charge in [0.05, 0.1) is 5.56 Å². The molecule has 0 saturated carbocycles. The molecule has 0 aliphatic heterocycles. The second kappa shape index (κ2) is 11.4. The molecule has 0 unspecified atom stereocenters. The largest absolute Gasteiger partial charge is 0.508 e. The average molecular weight is 491 g/mol. The first-order chi connectivity index (χ1) is 17.1. The number of rotatable bonds is 8. The highest BCUT2D eigenvalue weighted by atomic mass is 16.6. The number of carbonyl (C=O) groups is 2. The minimum Gasteiger partial charge on any atom is -0.508 e. The van der Waals surface area contributed by atoms with Gasteiger partial charge in [0.1, 0.15) is 28.7 Å². The monoisotopic (exact) mass is 490 g/mol. The molecule has 0 bridgehead atoms. The van der Waals surface area contributed by atoms with Gasteiger partial charge in [-0.3, -0.25) is 0 Å². The molecular weight excluding hydrogens is 460 g/mol. The predicted octanol–water partition coefficient (Wildman–Crippen LogP) is 6.06. The highest BCUT2D eigenvalue weighted by Crippen LogP contribution is 2.43. The zero-order valence-electron chi connectivity index (χ0n) is 20.6. The van der Waals surface area contributed by atoms with Crippen molar-refractivity contribution in [1.82, 2.24) is 0 Å². The third kappa shape index (κ3) is 6.44. The van der Waals surface area contributed by atoms with Gasteiger partial charge in [-0.05, 0) is 55.5 Å². The Labute approximate surface area is 210 Å². The second-order valence-corrected chi connectivity index (χ2v) is 8.74. The van der Waals surface area contributed by atoms with Crippen molar-refractivity contribution < 1.29 is 34.4 Å². The number of hydrogen-bond donors (Lipinski definition) is 3. The molecule has 0 atom stereocenters. The van der Waals surface area contributed by atoms with Crippen molar-refractivity contribution in [3.8, 4) is 39.9 Å². The topological polar surface area (TPSA) is 113 Å². The fourth-order valence-electron chi connectivity index (χ4n) is 3.89. The molecule has 7 heteroatoms. The molecule has 0 aromatic heterocycles. The van der Waals surface area contributed by atoms with Crippen molar-refractivity contribution in [3.63, 3.8) is 0 Å². The molecule has 3 N–H and O–H groups in total. The van der Waals surface area contributed by atoms with Gasteiger partial charge in [-0.25, -0.2) is 9.59 Å². The third-order valence-corrected chi connectivity index (χ3v) is 5.57. The number of phenolic OH excluding ortho intramolecular Hbond substituents is 3. The number of unbranched alkanes of at least 4 members (excludes halogenated alkanes) is 2. The van der Waals surface area contributed by atoms with Crippen molar-refractivity contribution >= 4 is 17.5 Å². The molecule has 0 aliphatic carbocycles. The van der Waals surface area contributed by atoms with Crippen LogP contribution in [-0.4, -0.2) is 27.3 Å². The molecule has 3 rings (SSSR count). The summed E-state index contributed by atoms with van der Waals surface area (Å²) in [5.41, 5.74) is 4.04. The summed E-state index contributed by atoms with van der Waals surface area (Å²) >= 11 is 0. The fraction of sp³-hybridized carbons (Fsp3) is 0.241. The van der Waals surface area contributed by atoms with Gasteiger partial charge in [0, 0.05) is 18.2 Å². The Hall–Kier alpha value is -4.26. The first-order valence-electron chi connectivity index (χ1n) is 11.7. The van der Waals surface area contributed by atoms with Crippen LogP contribution in [0.2, 0.25) is 0 Å². The SMILES string of the molecule is C=C(C)c1ccc(C)cc1-c1c(O)cc(CCCCC)cc1OC(=O)C(=O)Oc1cc(O)cc(O)c1. The van der Waals surface area contributed by atoms with Gasteiger partial charge in [-0.1, -0.05) is 55.7 Å². The molecule has 0 spiro atoms. The normalized spacial score (nSPS) is 10.6. The van der Waals surface area contributed by atoms with Crippen LogP contribution in [0.25, 0.3) is 16.7 Å². The Morgan fingerprint density at radius 1 is 0.889 bits per heavy atom. The number of phenols is 3.